The summed E-state index contributed by atoms with van der Waals surface area (Å²) < 4.78 is 0. The molecule has 1 atom stereocenters. The van der Waals surface area contributed by atoms with Crippen LogP contribution in [0.1, 0.15) is 33.1 Å². The molecule has 0 radical (unpaired) electrons. The quantitative estimate of drug-likeness (QED) is 0.548. The number of carbonyl (C=O) groups excluding carboxylic acids is 2. The van der Waals surface area contributed by atoms with Crippen molar-refractivity contribution in [2.45, 2.75) is 39.2 Å². The molecule has 0 aromatic heterocycles. The van der Waals surface area contributed by atoms with Crippen LogP contribution in [0.25, 0.3) is 0 Å². The Hall–Kier alpha value is -1.79. The maximum atomic E-state index is 11.6. The van der Waals surface area contributed by atoms with Gasteiger partial charge in [-0.3, -0.25) is 9.59 Å². The van der Waals surface area contributed by atoms with Gasteiger partial charge in [-0.15, -0.1) is 0 Å². The molecule has 0 spiro atoms. The van der Waals surface area contributed by atoms with Crippen LogP contribution in [0.4, 0.5) is 4.79 Å². The number of aliphatic carboxylic acids is 1. The second kappa shape index (κ2) is 6.40. The predicted octanol–water partition coefficient (Wildman–Crippen LogP) is 0.0651. The Bertz CT molecular complexity index is 366. The molecule has 0 aliphatic heterocycles. The first-order valence-corrected chi connectivity index (χ1v) is 6.47. The van der Waals surface area contributed by atoms with Crippen LogP contribution in [0.15, 0.2) is 0 Å². The van der Waals surface area contributed by atoms with E-state index >= 15 is 0 Å². The number of rotatable bonds is 6. The summed E-state index contributed by atoms with van der Waals surface area (Å²) in [5.41, 5.74) is -0.827. The Morgan fingerprint density at radius 3 is 2.32 bits per heavy atom. The number of nitrogens with one attached hydrogen (secondary N) is 3. The summed E-state index contributed by atoms with van der Waals surface area (Å²) in [5.74, 6) is -1.15. The maximum Gasteiger partial charge on any atom is 0.315 e. The summed E-state index contributed by atoms with van der Waals surface area (Å²) in [7, 11) is 0. The Labute approximate surface area is 112 Å². The average Bonchev–Trinajstić information content (AvgIpc) is 2.27. The van der Waals surface area contributed by atoms with Gasteiger partial charge >= 0.3 is 12.0 Å². The number of urea groups is 1. The molecule has 4 N–H and O–H groups in total. The molecule has 3 amide bonds. The standard InChI is InChI=1S/C12H21N3O4/c1-3-13-9(16)8(2)15-11(19)14-7-12(10(17)18)5-4-6-12/h8H,3-7H2,1-2H3,(H,13,16)(H,17,18)(H2,14,15,19). The van der Waals surface area contributed by atoms with Gasteiger partial charge < -0.3 is 21.1 Å². The van der Waals surface area contributed by atoms with Gasteiger partial charge in [0.15, 0.2) is 0 Å². The van der Waals surface area contributed by atoms with Crippen LogP contribution in [0, 0.1) is 5.41 Å². The Balaban J connectivity index is 2.35. The van der Waals surface area contributed by atoms with Gasteiger partial charge in [-0.1, -0.05) is 6.42 Å². The van der Waals surface area contributed by atoms with Gasteiger partial charge in [-0.05, 0) is 26.7 Å². The minimum absolute atomic E-state index is 0.0935. The molecular weight excluding hydrogens is 250 g/mol. The van der Waals surface area contributed by atoms with Crippen LogP contribution in [0.5, 0.6) is 0 Å². The third-order valence-electron chi connectivity index (χ3n) is 3.44. The van der Waals surface area contributed by atoms with Crippen LogP contribution in [-0.2, 0) is 9.59 Å². The fourth-order valence-electron chi connectivity index (χ4n) is 1.96. The summed E-state index contributed by atoms with van der Waals surface area (Å²) in [6.07, 6.45) is 2.02. The first kappa shape index (κ1) is 15.3. The lowest BCUT2D eigenvalue weighted by molar-refractivity contribution is -0.153. The van der Waals surface area contributed by atoms with Crippen molar-refractivity contribution in [3.8, 4) is 0 Å². The van der Waals surface area contributed by atoms with Gasteiger partial charge in [-0.25, -0.2) is 4.79 Å². The number of amides is 3. The van der Waals surface area contributed by atoms with E-state index in [1.165, 1.54) is 0 Å². The number of hydrogen-bond acceptors (Lipinski definition) is 3. The third-order valence-corrected chi connectivity index (χ3v) is 3.44. The zero-order valence-corrected chi connectivity index (χ0v) is 11.3. The lowest BCUT2D eigenvalue weighted by atomic mass is 9.69. The van der Waals surface area contributed by atoms with E-state index in [2.05, 4.69) is 16.0 Å². The Morgan fingerprint density at radius 2 is 1.89 bits per heavy atom. The molecule has 0 heterocycles. The van der Waals surface area contributed by atoms with Crippen LogP contribution < -0.4 is 16.0 Å². The van der Waals surface area contributed by atoms with E-state index in [4.69, 9.17) is 5.11 Å². The van der Waals surface area contributed by atoms with E-state index in [9.17, 15) is 14.4 Å². The zero-order chi connectivity index (χ0) is 14.5. The number of hydrogen-bond donors (Lipinski definition) is 4. The largest absolute Gasteiger partial charge is 0.481 e. The van der Waals surface area contributed by atoms with Crippen molar-refractivity contribution in [3.63, 3.8) is 0 Å². The molecule has 1 unspecified atom stereocenters. The van der Waals surface area contributed by atoms with Crippen LogP contribution in [0.3, 0.4) is 0 Å². The molecule has 7 heteroatoms. The van der Waals surface area contributed by atoms with E-state index in [-0.39, 0.29) is 12.5 Å². The highest BCUT2D eigenvalue weighted by Gasteiger charge is 2.44. The third kappa shape index (κ3) is 3.84. The summed E-state index contributed by atoms with van der Waals surface area (Å²) in [4.78, 5) is 34.1. The molecule has 0 aromatic rings. The fourth-order valence-corrected chi connectivity index (χ4v) is 1.96. The van der Waals surface area contributed by atoms with Crippen molar-refractivity contribution in [1.29, 1.82) is 0 Å². The van der Waals surface area contributed by atoms with Crippen LogP contribution in [0.2, 0.25) is 0 Å². The zero-order valence-electron chi connectivity index (χ0n) is 11.3. The molecule has 0 aromatic carbocycles. The van der Waals surface area contributed by atoms with E-state index in [0.29, 0.717) is 19.4 Å². The van der Waals surface area contributed by atoms with Crippen molar-refractivity contribution in [2.75, 3.05) is 13.1 Å². The van der Waals surface area contributed by atoms with Gasteiger partial charge in [0.05, 0.1) is 5.41 Å². The van der Waals surface area contributed by atoms with Crippen molar-refractivity contribution in [2.24, 2.45) is 5.41 Å². The molecule has 19 heavy (non-hydrogen) atoms. The Morgan fingerprint density at radius 1 is 1.26 bits per heavy atom. The van der Waals surface area contributed by atoms with Gasteiger partial charge in [0.2, 0.25) is 5.91 Å². The SMILES string of the molecule is CCNC(=O)C(C)NC(=O)NCC1(C(=O)O)CCC1. The van der Waals surface area contributed by atoms with Crippen LogP contribution >= 0.6 is 0 Å². The highest BCUT2D eigenvalue weighted by molar-refractivity contribution is 5.86. The van der Waals surface area contributed by atoms with E-state index in [1.54, 1.807) is 13.8 Å². The molecule has 7 nitrogen and oxygen atoms in total. The van der Waals surface area contributed by atoms with Crippen molar-refractivity contribution in [3.05, 3.63) is 0 Å². The Kier molecular flexibility index (Phi) is 5.14. The van der Waals surface area contributed by atoms with Gasteiger partial charge in [-0.2, -0.15) is 0 Å². The predicted molar refractivity (Wildman–Crippen MR) is 68.6 cm³/mol. The van der Waals surface area contributed by atoms with Gasteiger partial charge in [0, 0.05) is 13.1 Å². The maximum absolute atomic E-state index is 11.6. The second-order valence-electron chi connectivity index (χ2n) is 4.88. The monoisotopic (exact) mass is 271 g/mol. The minimum Gasteiger partial charge on any atom is -0.481 e. The first-order valence-electron chi connectivity index (χ1n) is 6.47. The fraction of sp³-hybridized carbons (Fsp3) is 0.750. The summed E-state index contributed by atoms with van der Waals surface area (Å²) in [6.45, 7) is 3.95. The highest BCUT2D eigenvalue weighted by Crippen LogP contribution is 2.40. The molecule has 0 bridgehead atoms. The van der Waals surface area contributed by atoms with E-state index < -0.39 is 23.5 Å². The summed E-state index contributed by atoms with van der Waals surface area (Å²) >= 11 is 0. The highest BCUT2D eigenvalue weighted by atomic mass is 16.4. The van der Waals surface area contributed by atoms with Crippen molar-refractivity contribution >= 4 is 17.9 Å². The van der Waals surface area contributed by atoms with Crippen molar-refractivity contribution in [1.82, 2.24) is 16.0 Å². The molecule has 1 aliphatic carbocycles. The first-order chi connectivity index (χ1) is 8.91. The van der Waals surface area contributed by atoms with E-state index in [0.717, 1.165) is 6.42 Å². The van der Waals surface area contributed by atoms with Crippen LogP contribution in [-0.4, -0.2) is 42.1 Å². The number of carboxylic acid groups (broad SMARTS) is 1. The number of carbonyl (C=O) groups is 3. The van der Waals surface area contributed by atoms with Gasteiger partial charge in [0.25, 0.3) is 0 Å². The lowest BCUT2D eigenvalue weighted by Gasteiger charge is -2.37. The summed E-state index contributed by atoms with van der Waals surface area (Å²) in [5, 5.41) is 16.7. The molecule has 1 rings (SSSR count). The minimum atomic E-state index is -0.879. The lowest BCUT2D eigenvalue weighted by Crippen LogP contribution is -2.53. The smallest absolute Gasteiger partial charge is 0.315 e. The molecule has 1 aliphatic rings. The van der Waals surface area contributed by atoms with E-state index in [1.807, 2.05) is 0 Å². The number of carboxylic acids is 1. The molecule has 108 valence electrons. The number of likely N-dealkylation sites (N-methyl/N-ethyl adjacent to an activating group) is 1. The molecule has 1 fully saturated rings. The summed E-state index contributed by atoms with van der Waals surface area (Å²) in [6, 6.07) is -1.17. The van der Waals surface area contributed by atoms with Crippen molar-refractivity contribution < 1.29 is 19.5 Å². The normalized spacial score (nSPS) is 17.8. The van der Waals surface area contributed by atoms with Gasteiger partial charge in [0.1, 0.15) is 6.04 Å². The topological polar surface area (TPSA) is 108 Å². The second-order valence-corrected chi connectivity index (χ2v) is 4.88. The average molecular weight is 271 g/mol. The molecule has 0 saturated heterocycles. The molecule has 1 saturated carbocycles. The molecular formula is C12H21N3O4.